The molecule has 0 unspecified atom stereocenters. The maximum Gasteiger partial charge on any atom is 0.0693 e. The second kappa shape index (κ2) is 6.11. The molecule has 0 radical (unpaired) electrons. The zero-order chi connectivity index (χ0) is 13.8. The average Bonchev–Trinajstić information content (AvgIpc) is 2.89. The Labute approximate surface area is 122 Å². The minimum absolute atomic E-state index is 0.694. The van der Waals surface area contributed by atoms with Crippen LogP contribution in [0.25, 0.3) is 10.9 Å². The Kier molecular flexibility index (Phi) is 4.04. The summed E-state index contributed by atoms with van der Waals surface area (Å²) in [6.45, 7) is 1.57. The van der Waals surface area contributed by atoms with Crippen LogP contribution in [0.1, 0.15) is 6.42 Å². The van der Waals surface area contributed by atoms with Crippen LogP contribution >= 0.6 is 11.8 Å². The summed E-state index contributed by atoms with van der Waals surface area (Å²) in [6.07, 6.45) is 2.87. The molecule has 0 amide bonds. The molecule has 1 aromatic heterocycles. The molecule has 0 fully saturated rings. The molecule has 2 N–H and O–H groups in total. The Morgan fingerprint density at radius 3 is 2.70 bits per heavy atom. The van der Waals surface area contributed by atoms with Gasteiger partial charge in [0.1, 0.15) is 0 Å². The first kappa shape index (κ1) is 13.2. The van der Waals surface area contributed by atoms with E-state index >= 15 is 0 Å². The number of rotatable bonds is 5. The molecule has 0 saturated carbocycles. The van der Waals surface area contributed by atoms with Crippen molar-refractivity contribution in [1.82, 2.24) is 9.78 Å². The Bertz CT molecular complexity index is 691. The summed E-state index contributed by atoms with van der Waals surface area (Å²) in [5.74, 6) is 0. The van der Waals surface area contributed by atoms with Gasteiger partial charge < -0.3 is 5.73 Å². The average molecular weight is 283 g/mol. The molecular formula is C16H17N3S. The van der Waals surface area contributed by atoms with Gasteiger partial charge in [-0.2, -0.15) is 5.10 Å². The third-order valence-corrected chi connectivity index (χ3v) is 4.17. The van der Waals surface area contributed by atoms with Crippen LogP contribution in [0, 0.1) is 0 Å². The van der Waals surface area contributed by atoms with Crippen molar-refractivity contribution in [2.75, 3.05) is 6.54 Å². The van der Waals surface area contributed by atoms with E-state index in [-0.39, 0.29) is 0 Å². The lowest BCUT2D eigenvalue weighted by Crippen LogP contribution is -2.06. The fourth-order valence-corrected chi connectivity index (χ4v) is 3.03. The van der Waals surface area contributed by atoms with Gasteiger partial charge in [-0.05, 0) is 37.2 Å². The van der Waals surface area contributed by atoms with E-state index in [9.17, 15) is 0 Å². The smallest absolute Gasteiger partial charge is 0.0693 e. The highest BCUT2D eigenvalue weighted by Crippen LogP contribution is 2.29. The number of fused-ring (bicyclic) bond motifs is 1. The van der Waals surface area contributed by atoms with E-state index in [1.807, 2.05) is 16.9 Å². The summed E-state index contributed by atoms with van der Waals surface area (Å²) in [5.41, 5.74) is 6.76. The maximum absolute atomic E-state index is 5.58. The molecule has 0 aliphatic heterocycles. The van der Waals surface area contributed by atoms with Crippen LogP contribution in [0.15, 0.2) is 64.5 Å². The lowest BCUT2D eigenvalue weighted by molar-refractivity contribution is 0.602. The maximum atomic E-state index is 5.58. The summed E-state index contributed by atoms with van der Waals surface area (Å²) < 4.78 is 2.04. The number of aromatic nitrogens is 2. The first-order valence-electron chi connectivity index (χ1n) is 6.75. The van der Waals surface area contributed by atoms with Crippen LogP contribution in [0.4, 0.5) is 0 Å². The molecule has 0 saturated heterocycles. The molecule has 0 aliphatic rings. The van der Waals surface area contributed by atoms with Crippen LogP contribution in [-0.2, 0) is 6.54 Å². The topological polar surface area (TPSA) is 43.8 Å². The summed E-state index contributed by atoms with van der Waals surface area (Å²) in [5, 5.41) is 5.61. The van der Waals surface area contributed by atoms with Gasteiger partial charge in [0.25, 0.3) is 0 Å². The van der Waals surface area contributed by atoms with Gasteiger partial charge in [0.05, 0.1) is 11.7 Å². The predicted molar refractivity (Wildman–Crippen MR) is 84.0 cm³/mol. The van der Waals surface area contributed by atoms with Crippen molar-refractivity contribution in [2.45, 2.75) is 22.8 Å². The van der Waals surface area contributed by atoms with Crippen molar-refractivity contribution in [3.05, 3.63) is 54.7 Å². The number of hydrogen-bond donors (Lipinski definition) is 1. The van der Waals surface area contributed by atoms with E-state index in [0.717, 1.165) is 13.0 Å². The van der Waals surface area contributed by atoms with Crippen LogP contribution < -0.4 is 5.73 Å². The zero-order valence-electron chi connectivity index (χ0n) is 11.2. The first-order chi connectivity index (χ1) is 9.86. The van der Waals surface area contributed by atoms with Crippen molar-refractivity contribution >= 4 is 22.7 Å². The molecule has 20 heavy (non-hydrogen) atoms. The largest absolute Gasteiger partial charge is 0.330 e. The summed E-state index contributed by atoms with van der Waals surface area (Å²) >= 11 is 1.77. The predicted octanol–water partition coefficient (Wildman–Crippen LogP) is 3.54. The summed E-state index contributed by atoms with van der Waals surface area (Å²) in [4.78, 5) is 2.48. The van der Waals surface area contributed by atoms with E-state index in [1.54, 1.807) is 11.8 Å². The highest BCUT2D eigenvalue weighted by molar-refractivity contribution is 7.99. The standard InChI is InChI=1S/C16H17N3S/c17-9-4-10-19-16-11-15(8-7-13(16)12-18-19)20-14-5-2-1-3-6-14/h1-3,5-8,11-12H,4,9-10,17H2. The second-order valence-corrected chi connectivity index (χ2v) is 5.79. The minimum Gasteiger partial charge on any atom is -0.330 e. The van der Waals surface area contributed by atoms with Crippen molar-refractivity contribution in [3.63, 3.8) is 0 Å². The molecule has 0 atom stereocenters. The molecule has 2 aromatic carbocycles. The van der Waals surface area contributed by atoms with Crippen molar-refractivity contribution in [2.24, 2.45) is 5.73 Å². The molecule has 0 bridgehead atoms. The Balaban J connectivity index is 1.89. The molecule has 102 valence electrons. The Morgan fingerprint density at radius 1 is 1.05 bits per heavy atom. The number of nitrogens with zero attached hydrogens (tertiary/aromatic N) is 2. The molecule has 1 heterocycles. The molecular weight excluding hydrogens is 266 g/mol. The molecule has 3 rings (SSSR count). The molecule has 0 aliphatic carbocycles. The fraction of sp³-hybridized carbons (Fsp3) is 0.188. The van der Waals surface area contributed by atoms with Crippen molar-refractivity contribution in [1.29, 1.82) is 0 Å². The molecule has 3 nitrogen and oxygen atoms in total. The SMILES string of the molecule is NCCCn1ncc2ccc(Sc3ccccc3)cc21. The Morgan fingerprint density at radius 2 is 1.90 bits per heavy atom. The number of nitrogens with two attached hydrogens (primary N) is 1. The van der Waals surface area contributed by atoms with Gasteiger partial charge in [-0.15, -0.1) is 0 Å². The van der Waals surface area contributed by atoms with E-state index in [4.69, 9.17) is 5.73 Å². The summed E-state index contributed by atoms with van der Waals surface area (Å²) in [6, 6.07) is 16.9. The number of benzene rings is 2. The first-order valence-corrected chi connectivity index (χ1v) is 7.57. The quantitative estimate of drug-likeness (QED) is 0.779. The van der Waals surface area contributed by atoms with Gasteiger partial charge in [-0.25, -0.2) is 0 Å². The van der Waals surface area contributed by atoms with E-state index in [0.29, 0.717) is 6.54 Å². The molecule has 3 aromatic rings. The van der Waals surface area contributed by atoms with Gasteiger partial charge in [-0.3, -0.25) is 4.68 Å². The molecule has 0 spiro atoms. The zero-order valence-corrected chi connectivity index (χ0v) is 12.0. The lowest BCUT2D eigenvalue weighted by Gasteiger charge is -2.05. The van der Waals surface area contributed by atoms with E-state index in [2.05, 4.69) is 47.6 Å². The van der Waals surface area contributed by atoms with Gasteiger partial charge in [0.2, 0.25) is 0 Å². The molecule has 4 heteroatoms. The normalized spacial score (nSPS) is 11.1. The van der Waals surface area contributed by atoms with E-state index in [1.165, 1.54) is 20.7 Å². The number of aryl methyl sites for hydroxylation is 1. The second-order valence-electron chi connectivity index (χ2n) is 4.65. The van der Waals surface area contributed by atoms with Gasteiger partial charge in [0, 0.05) is 21.7 Å². The minimum atomic E-state index is 0.694. The van der Waals surface area contributed by atoms with Gasteiger partial charge in [-0.1, -0.05) is 36.0 Å². The van der Waals surface area contributed by atoms with Gasteiger partial charge in [0.15, 0.2) is 0 Å². The van der Waals surface area contributed by atoms with Crippen LogP contribution in [0.2, 0.25) is 0 Å². The lowest BCUT2D eigenvalue weighted by atomic mass is 10.2. The summed E-state index contributed by atoms with van der Waals surface area (Å²) in [7, 11) is 0. The van der Waals surface area contributed by atoms with Crippen LogP contribution in [-0.4, -0.2) is 16.3 Å². The highest BCUT2D eigenvalue weighted by atomic mass is 32.2. The third-order valence-electron chi connectivity index (χ3n) is 3.17. The van der Waals surface area contributed by atoms with Crippen molar-refractivity contribution < 1.29 is 0 Å². The van der Waals surface area contributed by atoms with Crippen LogP contribution in [0.3, 0.4) is 0 Å². The number of hydrogen-bond acceptors (Lipinski definition) is 3. The van der Waals surface area contributed by atoms with E-state index < -0.39 is 0 Å². The highest BCUT2D eigenvalue weighted by Gasteiger charge is 2.04. The van der Waals surface area contributed by atoms with Crippen molar-refractivity contribution in [3.8, 4) is 0 Å². The van der Waals surface area contributed by atoms with Gasteiger partial charge >= 0.3 is 0 Å². The third kappa shape index (κ3) is 2.86. The van der Waals surface area contributed by atoms with Crippen LogP contribution in [0.5, 0.6) is 0 Å². The Hall–Kier alpha value is -1.78. The fourth-order valence-electron chi connectivity index (χ4n) is 2.16. The monoisotopic (exact) mass is 283 g/mol.